The molecule has 6 heteroatoms. The maximum atomic E-state index is 12.9. The molecule has 1 aromatic heterocycles. The largest absolute Gasteiger partial charge is 0.472 e. The van der Waals surface area contributed by atoms with E-state index in [9.17, 15) is 14.4 Å². The number of carbonyl (C=O) groups excluding carboxylic acids is 3. The average molecular weight is 374 g/mol. The number of rotatable bonds is 5. The highest BCUT2D eigenvalue weighted by Gasteiger charge is 2.68. The molecule has 3 fully saturated rings. The summed E-state index contributed by atoms with van der Waals surface area (Å²) >= 11 is 0. The molecule has 27 heavy (non-hydrogen) atoms. The number of carbonyl (C=O) groups is 3. The van der Waals surface area contributed by atoms with Crippen molar-refractivity contribution < 1.29 is 28.3 Å². The molecule has 2 aliphatic carbocycles. The highest BCUT2D eigenvalue weighted by Crippen LogP contribution is 2.65. The van der Waals surface area contributed by atoms with Crippen LogP contribution in [0.1, 0.15) is 56.8 Å². The second kappa shape index (κ2) is 6.30. The van der Waals surface area contributed by atoms with Gasteiger partial charge < -0.3 is 18.7 Å². The Morgan fingerprint density at radius 1 is 1.37 bits per heavy atom. The summed E-state index contributed by atoms with van der Waals surface area (Å²) in [5, 5.41) is 0. The number of ether oxygens (including phenoxy) is 2. The zero-order valence-corrected chi connectivity index (χ0v) is 16.0. The van der Waals surface area contributed by atoms with E-state index >= 15 is 0 Å². The molecule has 1 aromatic rings. The van der Waals surface area contributed by atoms with Gasteiger partial charge in [-0.3, -0.25) is 9.59 Å². The van der Waals surface area contributed by atoms with Gasteiger partial charge in [0.2, 0.25) is 0 Å². The van der Waals surface area contributed by atoms with Gasteiger partial charge in [-0.25, -0.2) is 0 Å². The van der Waals surface area contributed by atoms with Gasteiger partial charge in [-0.15, -0.1) is 0 Å². The molecule has 0 aromatic carbocycles. The number of ketones is 1. The summed E-state index contributed by atoms with van der Waals surface area (Å²) in [4.78, 5) is 37.2. The predicted octanol–water partition coefficient (Wildman–Crippen LogP) is 3.19. The van der Waals surface area contributed by atoms with Crippen molar-refractivity contribution in [2.24, 2.45) is 22.7 Å². The molecule has 1 saturated heterocycles. The van der Waals surface area contributed by atoms with E-state index in [0.29, 0.717) is 12.0 Å². The summed E-state index contributed by atoms with van der Waals surface area (Å²) in [7, 11) is 0. The fraction of sp³-hybridized carbons (Fsp3) is 0.667. The van der Waals surface area contributed by atoms with Crippen molar-refractivity contribution in [1.29, 1.82) is 0 Å². The number of hydrogen-bond acceptors (Lipinski definition) is 6. The van der Waals surface area contributed by atoms with E-state index in [-0.39, 0.29) is 47.6 Å². The Hall–Kier alpha value is -1.95. The summed E-state index contributed by atoms with van der Waals surface area (Å²) < 4.78 is 16.6. The van der Waals surface area contributed by atoms with Crippen LogP contribution in [0.25, 0.3) is 0 Å². The van der Waals surface area contributed by atoms with Crippen LogP contribution in [0, 0.1) is 22.7 Å². The van der Waals surface area contributed by atoms with Gasteiger partial charge in [-0.1, -0.05) is 13.8 Å². The molecule has 3 aliphatic rings. The lowest BCUT2D eigenvalue weighted by atomic mass is 9.46. The van der Waals surface area contributed by atoms with Crippen LogP contribution in [0.3, 0.4) is 0 Å². The van der Waals surface area contributed by atoms with Gasteiger partial charge in [0.15, 0.2) is 5.78 Å². The summed E-state index contributed by atoms with van der Waals surface area (Å²) in [5.41, 5.74) is -0.706. The van der Waals surface area contributed by atoms with E-state index in [0.717, 1.165) is 19.1 Å². The minimum Gasteiger partial charge on any atom is -0.472 e. The standard InChI is InChI=1S/C21H26O6/c1-12-17(26-13(2)23)9-20(3)18(5-4-16-19(20)27-16)21(12,11-22)8-15(24)14-6-7-25-10-14/h6-7,10-12,16-19H,4-5,8-9H2,1-3H3/t12-,16+,17+,18+,19+,20-,21-/m0/s1. The third-order valence-electron chi connectivity index (χ3n) is 7.31. The Morgan fingerprint density at radius 2 is 2.15 bits per heavy atom. The first-order valence-corrected chi connectivity index (χ1v) is 9.66. The minimum atomic E-state index is -0.890. The van der Waals surface area contributed by atoms with Crippen LogP contribution in [0.4, 0.5) is 0 Å². The molecule has 0 spiro atoms. The first-order chi connectivity index (χ1) is 12.8. The Balaban J connectivity index is 1.74. The highest BCUT2D eigenvalue weighted by atomic mass is 16.6. The maximum absolute atomic E-state index is 12.9. The van der Waals surface area contributed by atoms with Gasteiger partial charge in [-0.05, 0) is 31.2 Å². The number of furan rings is 1. The average Bonchev–Trinajstić information content (AvgIpc) is 3.22. The summed E-state index contributed by atoms with van der Waals surface area (Å²) in [6.07, 6.45) is 6.22. The number of hydrogen-bond donors (Lipinski definition) is 0. The maximum Gasteiger partial charge on any atom is 0.302 e. The minimum absolute atomic E-state index is 0.0175. The number of epoxide rings is 1. The Morgan fingerprint density at radius 3 is 2.78 bits per heavy atom. The van der Waals surface area contributed by atoms with E-state index in [4.69, 9.17) is 13.9 Å². The molecule has 6 nitrogen and oxygen atoms in total. The lowest BCUT2D eigenvalue weighted by molar-refractivity contribution is -0.178. The van der Waals surface area contributed by atoms with Gasteiger partial charge in [-0.2, -0.15) is 0 Å². The smallest absolute Gasteiger partial charge is 0.302 e. The molecule has 0 bridgehead atoms. The molecular formula is C21H26O6. The second-order valence-corrected chi connectivity index (χ2v) is 8.71. The topological polar surface area (TPSA) is 86.1 Å². The fourth-order valence-corrected chi connectivity index (χ4v) is 5.89. The Kier molecular flexibility index (Phi) is 4.29. The van der Waals surface area contributed by atoms with Crippen LogP contribution in [0.2, 0.25) is 0 Å². The molecule has 2 saturated carbocycles. The number of esters is 1. The molecule has 7 atom stereocenters. The van der Waals surface area contributed by atoms with Crippen LogP contribution in [0.15, 0.2) is 23.0 Å². The van der Waals surface area contributed by atoms with Crippen molar-refractivity contribution in [3.63, 3.8) is 0 Å². The molecule has 146 valence electrons. The van der Waals surface area contributed by atoms with Crippen molar-refractivity contribution in [2.45, 2.75) is 64.8 Å². The van der Waals surface area contributed by atoms with E-state index < -0.39 is 11.5 Å². The Bertz CT molecular complexity index is 755. The molecule has 4 rings (SSSR count). The monoisotopic (exact) mass is 374 g/mol. The molecule has 0 N–H and O–H groups in total. The van der Waals surface area contributed by atoms with Crippen molar-refractivity contribution >= 4 is 18.0 Å². The molecular weight excluding hydrogens is 348 g/mol. The third kappa shape index (κ3) is 2.76. The molecule has 1 aliphatic heterocycles. The zero-order chi connectivity index (χ0) is 19.4. The first kappa shape index (κ1) is 18.4. The van der Waals surface area contributed by atoms with Crippen LogP contribution < -0.4 is 0 Å². The lowest BCUT2D eigenvalue weighted by Gasteiger charge is -2.57. The number of aldehydes is 1. The van der Waals surface area contributed by atoms with Gasteiger partial charge in [0, 0.05) is 30.1 Å². The molecule has 0 amide bonds. The van der Waals surface area contributed by atoms with Gasteiger partial charge in [0.05, 0.1) is 24.0 Å². The van der Waals surface area contributed by atoms with Gasteiger partial charge in [0.25, 0.3) is 0 Å². The van der Waals surface area contributed by atoms with Crippen molar-refractivity contribution in [3.8, 4) is 0 Å². The molecule has 2 heterocycles. The zero-order valence-electron chi connectivity index (χ0n) is 16.0. The number of Topliss-reactive ketones (excluding diaryl/α,β-unsaturated/α-hetero) is 1. The molecule has 0 radical (unpaired) electrons. The van der Waals surface area contributed by atoms with E-state index in [1.807, 2.05) is 6.92 Å². The normalized spacial score (nSPS) is 42.6. The summed E-state index contributed by atoms with van der Waals surface area (Å²) in [6, 6.07) is 1.62. The Labute approximate surface area is 158 Å². The quantitative estimate of drug-likeness (QED) is 0.340. The number of fused-ring (bicyclic) bond motifs is 3. The van der Waals surface area contributed by atoms with Crippen molar-refractivity contribution in [3.05, 3.63) is 24.2 Å². The predicted molar refractivity (Wildman–Crippen MR) is 95.0 cm³/mol. The van der Waals surface area contributed by atoms with E-state index in [1.165, 1.54) is 19.5 Å². The van der Waals surface area contributed by atoms with E-state index in [2.05, 4.69) is 6.92 Å². The lowest BCUT2D eigenvalue weighted by Crippen LogP contribution is -2.60. The van der Waals surface area contributed by atoms with Crippen LogP contribution >= 0.6 is 0 Å². The fourth-order valence-electron chi connectivity index (χ4n) is 5.89. The summed E-state index contributed by atoms with van der Waals surface area (Å²) in [5.74, 6) is -0.710. The van der Waals surface area contributed by atoms with Gasteiger partial charge in [0.1, 0.15) is 18.7 Å². The van der Waals surface area contributed by atoms with Gasteiger partial charge >= 0.3 is 5.97 Å². The van der Waals surface area contributed by atoms with E-state index in [1.54, 1.807) is 6.07 Å². The van der Waals surface area contributed by atoms with Crippen LogP contribution in [0.5, 0.6) is 0 Å². The molecule has 0 unspecified atom stereocenters. The third-order valence-corrected chi connectivity index (χ3v) is 7.31. The summed E-state index contributed by atoms with van der Waals surface area (Å²) in [6.45, 7) is 5.45. The van der Waals surface area contributed by atoms with Crippen molar-refractivity contribution in [1.82, 2.24) is 0 Å². The second-order valence-electron chi connectivity index (χ2n) is 8.71. The SMILES string of the molecule is CC(=O)O[C@@H]1C[C@]2(C)[C@@H]3O[C@@H]3CC[C@H]2[C@](C=O)(CC(=O)c2ccoc2)[C@H]1C. The van der Waals surface area contributed by atoms with Crippen LogP contribution in [-0.2, 0) is 19.1 Å². The van der Waals surface area contributed by atoms with Crippen molar-refractivity contribution in [2.75, 3.05) is 0 Å². The van der Waals surface area contributed by atoms with Crippen LogP contribution in [-0.4, -0.2) is 36.4 Å². The first-order valence-electron chi connectivity index (χ1n) is 9.66. The highest BCUT2D eigenvalue weighted by molar-refractivity contribution is 5.97.